The second-order valence-corrected chi connectivity index (χ2v) is 10.5. The first-order valence-electron chi connectivity index (χ1n) is 13.7. The molecule has 0 aliphatic carbocycles. The lowest BCUT2D eigenvalue weighted by Gasteiger charge is -2.26. The van der Waals surface area contributed by atoms with Crippen LogP contribution in [-0.2, 0) is 19.2 Å². The van der Waals surface area contributed by atoms with Crippen LogP contribution in [0, 0.1) is 17.3 Å². The average Bonchev–Trinajstić information content (AvgIpc) is 3.19. The lowest BCUT2D eigenvalue weighted by molar-refractivity contribution is -0.132. The zero-order chi connectivity index (χ0) is 26.1. The van der Waals surface area contributed by atoms with Gasteiger partial charge in [-0.1, -0.05) is 65.0 Å². The molecule has 0 radical (unpaired) electrons. The van der Waals surface area contributed by atoms with E-state index in [1.807, 2.05) is 6.79 Å². The minimum atomic E-state index is -0.517. The molecule has 3 unspecified atom stereocenters. The van der Waals surface area contributed by atoms with Gasteiger partial charge >= 0.3 is 0 Å². The van der Waals surface area contributed by atoms with Gasteiger partial charge in [-0.3, -0.25) is 14.4 Å². The quantitative estimate of drug-likeness (QED) is 0.345. The van der Waals surface area contributed by atoms with E-state index in [-0.39, 0.29) is 23.6 Å². The summed E-state index contributed by atoms with van der Waals surface area (Å²) >= 11 is 0. The van der Waals surface area contributed by atoms with Gasteiger partial charge in [0.2, 0.25) is 17.7 Å². The Morgan fingerprint density at radius 2 is 1.66 bits per heavy atom. The average molecular weight is 492 g/mol. The van der Waals surface area contributed by atoms with Gasteiger partial charge in [-0.2, -0.15) is 0 Å². The highest BCUT2D eigenvalue weighted by Crippen LogP contribution is 2.35. The molecule has 1 fully saturated rings. The summed E-state index contributed by atoms with van der Waals surface area (Å²) in [7, 11) is 0. The molecule has 0 saturated carbocycles. The Balaban J connectivity index is 0.00000298. The third-order valence-electron chi connectivity index (χ3n) is 7.24. The molecular weight excluding hydrogens is 442 g/mol. The van der Waals surface area contributed by atoms with Gasteiger partial charge in [0, 0.05) is 19.0 Å². The number of rotatable bonds is 8. The monoisotopic (exact) mass is 491 g/mol. The van der Waals surface area contributed by atoms with E-state index in [0.29, 0.717) is 38.3 Å². The number of allylic oxidation sites excluding steroid dienone is 2. The molecule has 1 spiro atoms. The zero-order valence-electron chi connectivity index (χ0n) is 22.3. The highest BCUT2D eigenvalue weighted by Gasteiger charge is 2.41. The molecule has 7 nitrogen and oxygen atoms in total. The van der Waals surface area contributed by atoms with E-state index in [2.05, 4.69) is 48.9 Å². The fourth-order valence-electron chi connectivity index (χ4n) is 5.10. The molecule has 0 bridgehead atoms. The largest absolute Gasteiger partial charge is 0.356 e. The van der Waals surface area contributed by atoms with Gasteiger partial charge in [0.25, 0.3) is 0 Å². The van der Waals surface area contributed by atoms with Crippen molar-refractivity contribution < 1.29 is 19.2 Å². The summed E-state index contributed by atoms with van der Waals surface area (Å²) in [5, 5.41) is 9.09. The van der Waals surface area contributed by atoms with E-state index in [4.69, 9.17) is 4.79 Å². The molecule has 2 aliphatic heterocycles. The minimum Gasteiger partial charge on any atom is -0.356 e. The van der Waals surface area contributed by atoms with Crippen LogP contribution in [-0.4, -0.2) is 43.6 Å². The van der Waals surface area contributed by atoms with E-state index in [9.17, 15) is 14.4 Å². The lowest BCUT2D eigenvalue weighted by Crippen LogP contribution is -2.49. The van der Waals surface area contributed by atoms with Crippen LogP contribution >= 0.6 is 0 Å². The lowest BCUT2D eigenvalue weighted by atomic mass is 9.79. The summed E-state index contributed by atoms with van der Waals surface area (Å²) in [5.74, 6) is 0.252. The number of hydrogen-bond donors (Lipinski definition) is 3. The third-order valence-corrected chi connectivity index (χ3v) is 7.24. The molecule has 3 amide bonds. The number of unbranched alkanes of at least 4 members (excludes halogenated alkanes) is 4. The normalized spacial score (nSPS) is 27.1. The molecule has 3 atom stereocenters. The maximum absolute atomic E-state index is 13.2. The molecule has 2 rings (SSSR count). The van der Waals surface area contributed by atoms with E-state index in [0.717, 1.165) is 44.9 Å². The molecule has 0 aromatic carbocycles. The Kier molecular flexibility index (Phi) is 15.2. The van der Waals surface area contributed by atoms with Crippen molar-refractivity contribution in [3.8, 4) is 0 Å². The molecule has 200 valence electrons. The van der Waals surface area contributed by atoms with Gasteiger partial charge in [-0.25, -0.2) is 0 Å². The van der Waals surface area contributed by atoms with Crippen LogP contribution in [0.15, 0.2) is 12.2 Å². The summed E-state index contributed by atoms with van der Waals surface area (Å²) < 4.78 is 0. The van der Waals surface area contributed by atoms with Crippen molar-refractivity contribution in [2.45, 2.75) is 110 Å². The summed E-state index contributed by atoms with van der Waals surface area (Å²) in [6, 6.07) is -0.517. The number of carbonyl (C=O) groups is 4. The van der Waals surface area contributed by atoms with Crippen molar-refractivity contribution in [2.24, 2.45) is 17.3 Å². The Labute approximate surface area is 212 Å². The Hall–Kier alpha value is -2.18. The van der Waals surface area contributed by atoms with E-state index < -0.39 is 11.5 Å². The van der Waals surface area contributed by atoms with Crippen LogP contribution in [0.1, 0.15) is 104 Å². The SMILES string of the molecule is C=O.CCCCCCCC1CCC/C=C/CC2(CCNC(=O)C(CC(C)C)NC1=O)CCNC2=O. The number of carbonyl (C=O) groups excluding carboxylic acids is 4. The Morgan fingerprint density at radius 3 is 2.31 bits per heavy atom. The van der Waals surface area contributed by atoms with Gasteiger partial charge < -0.3 is 20.7 Å². The van der Waals surface area contributed by atoms with E-state index >= 15 is 0 Å². The second-order valence-electron chi connectivity index (χ2n) is 10.5. The number of hydrogen-bond acceptors (Lipinski definition) is 4. The first kappa shape index (κ1) is 30.9. The summed E-state index contributed by atoms with van der Waals surface area (Å²) in [4.78, 5) is 46.8. The summed E-state index contributed by atoms with van der Waals surface area (Å²) in [5.41, 5.74) is -0.429. The molecule has 0 aromatic heterocycles. The zero-order valence-corrected chi connectivity index (χ0v) is 22.3. The topological polar surface area (TPSA) is 104 Å². The van der Waals surface area contributed by atoms with Crippen molar-refractivity contribution in [2.75, 3.05) is 13.1 Å². The van der Waals surface area contributed by atoms with Gasteiger partial charge in [0.1, 0.15) is 12.8 Å². The van der Waals surface area contributed by atoms with E-state index in [1.54, 1.807) is 0 Å². The van der Waals surface area contributed by atoms with Crippen LogP contribution in [0.4, 0.5) is 0 Å². The minimum absolute atomic E-state index is 0.0248. The highest BCUT2D eigenvalue weighted by atomic mass is 16.2. The van der Waals surface area contributed by atoms with Crippen molar-refractivity contribution in [1.29, 1.82) is 0 Å². The molecule has 35 heavy (non-hydrogen) atoms. The predicted molar refractivity (Wildman–Crippen MR) is 141 cm³/mol. The van der Waals surface area contributed by atoms with Gasteiger partial charge in [-0.15, -0.1) is 0 Å². The molecule has 1 saturated heterocycles. The summed E-state index contributed by atoms with van der Waals surface area (Å²) in [6.07, 6.45) is 16.6. The van der Waals surface area contributed by atoms with Crippen LogP contribution < -0.4 is 16.0 Å². The Bertz CT molecular complexity index is 679. The molecule has 7 heteroatoms. The maximum Gasteiger partial charge on any atom is 0.242 e. The standard InChI is InChI=1S/C27H47N3O3.CH2O/c1-4-5-6-7-10-13-22-14-11-8-9-12-15-27(17-19-29-26(27)33)16-18-28-25(32)23(20-21(2)3)30-24(22)31;1-2/h9,12,21-23H,4-8,10-11,13-20H2,1-3H3,(H,28,32)(H,29,33)(H,30,31);1H2/b12-9+;. The third kappa shape index (κ3) is 11.0. The first-order chi connectivity index (χ1) is 16.9. The maximum atomic E-state index is 13.2. The van der Waals surface area contributed by atoms with Gasteiger partial charge in [0.15, 0.2) is 0 Å². The van der Waals surface area contributed by atoms with Crippen LogP contribution in [0.2, 0.25) is 0 Å². The Morgan fingerprint density at radius 1 is 0.971 bits per heavy atom. The highest BCUT2D eigenvalue weighted by molar-refractivity contribution is 5.88. The smallest absolute Gasteiger partial charge is 0.242 e. The van der Waals surface area contributed by atoms with Crippen molar-refractivity contribution in [3.63, 3.8) is 0 Å². The van der Waals surface area contributed by atoms with Crippen molar-refractivity contribution >= 4 is 24.5 Å². The van der Waals surface area contributed by atoms with Crippen molar-refractivity contribution in [3.05, 3.63) is 12.2 Å². The summed E-state index contributed by atoms with van der Waals surface area (Å²) in [6.45, 7) is 9.51. The predicted octanol–water partition coefficient (Wildman–Crippen LogP) is 4.45. The van der Waals surface area contributed by atoms with Gasteiger partial charge in [0.05, 0.1) is 5.41 Å². The van der Waals surface area contributed by atoms with Crippen LogP contribution in [0.3, 0.4) is 0 Å². The first-order valence-corrected chi connectivity index (χ1v) is 13.7. The number of amides is 3. The second kappa shape index (κ2) is 17.3. The van der Waals surface area contributed by atoms with E-state index in [1.165, 1.54) is 19.3 Å². The fraction of sp³-hybridized carbons (Fsp3) is 0.786. The molecular formula is C28H49N3O4. The van der Waals surface area contributed by atoms with Crippen LogP contribution in [0.25, 0.3) is 0 Å². The molecule has 2 heterocycles. The number of nitrogens with one attached hydrogen (secondary N) is 3. The van der Waals surface area contributed by atoms with Crippen LogP contribution in [0.5, 0.6) is 0 Å². The molecule has 3 N–H and O–H groups in total. The molecule has 0 aromatic rings. The van der Waals surface area contributed by atoms with Crippen molar-refractivity contribution in [1.82, 2.24) is 16.0 Å². The molecule has 2 aliphatic rings. The fourth-order valence-corrected chi connectivity index (χ4v) is 5.10. The van der Waals surface area contributed by atoms with Gasteiger partial charge in [-0.05, 0) is 57.3 Å².